The maximum absolute atomic E-state index is 15.2. The number of nitro benzene ring substituents is 1. The summed E-state index contributed by atoms with van der Waals surface area (Å²) in [6, 6.07) is 7.89. The van der Waals surface area contributed by atoms with Crippen molar-refractivity contribution < 1.29 is 27.3 Å². The number of hydrogen-bond acceptors (Lipinski definition) is 7. The van der Waals surface area contributed by atoms with Crippen molar-refractivity contribution in [2.75, 3.05) is 32.7 Å². The van der Waals surface area contributed by atoms with E-state index in [-0.39, 0.29) is 54.6 Å². The third kappa shape index (κ3) is 7.00. The lowest BCUT2D eigenvalue weighted by atomic mass is 9.87. The molecule has 11 nitrogen and oxygen atoms in total. The van der Waals surface area contributed by atoms with Gasteiger partial charge in [-0.3, -0.25) is 19.7 Å². The predicted molar refractivity (Wildman–Crippen MR) is 159 cm³/mol. The molecule has 234 valence electrons. The van der Waals surface area contributed by atoms with Crippen LogP contribution in [-0.2, 0) is 19.6 Å². The van der Waals surface area contributed by atoms with Crippen molar-refractivity contribution in [1.82, 2.24) is 14.1 Å². The fraction of sp³-hybridized carbons (Fsp3) is 0.517. The first-order chi connectivity index (χ1) is 20.0. The zero-order valence-corrected chi connectivity index (χ0v) is 26.1. The standard InChI is InChI=1S/C29H37ClFN5O6S/c1-18-15-33(28(38)24(32)14-29(2,3)4)11-12-35(18)27(37)22-17-34(16-21(22)20-10-9-19(30)13-23(20)31)43(41,42)26-8-6-5-7-25(26)36(39)40/h5-10,13,18,21-22,24H,11-12,14-17,32H2,1-4H3/t18-,21-,22+,24-/m0/s1. The molecule has 14 heteroatoms. The number of benzene rings is 2. The number of para-hydroxylation sites is 1. The van der Waals surface area contributed by atoms with Gasteiger partial charge in [-0.15, -0.1) is 0 Å². The maximum atomic E-state index is 15.2. The molecule has 0 saturated carbocycles. The van der Waals surface area contributed by atoms with Crippen LogP contribution in [0.25, 0.3) is 0 Å². The van der Waals surface area contributed by atoms with Gasteiger partial charge >= 0.3 is 0 Å². The molecule has 2 heterocycles. The van der Waals surface area contributed by atoms with Crippen LogP contribution in [0.1, 0.15) is 45.6 Å². The summed E-state index contributed by atoms with van der Waals surface area (Å²) >= 11 is 5.96. The van der Waals surface area contributed by atoms with Crippen molar-refractivity contribution in [3.63, 3.8) is 0 Å². The zero-order chi connectivity index (χ0) is 31.9. The molecule has 0 unspecified atom stereocenters. The number of halogens is 2. The first-order valence-corrected chi connectivity index (χ1v) is 15.9. The molecule has 43 heavy (non-hydrogen) atoms. The average molecular weight is 638 g/mol. The molecule has 2 N–H and O–H groups in total. The molecular weight excluding hydrogens is 601 g/mol. The minimum absolute atomic E-state index is 0.123. The number of nitro groups is 1. The van der Waals surface area contributed by atoms with Crippen LogP contribution < -0.4 is 5.73 Å². The van der Waals surface area contributed by atoms with Gasteiger partial charge in [0, 0.05) is 55.8 Å². The van der Waals surface area contributed by atoms with Crippen molar-refractivity contribution in [3.8, 4) is 0 Å². The molecule has 2 aliphatic rings. The fourth-order valence-corrected chi connectivity index (χ4v) is 7.78. The van der Waals surface area contributed by atoms with Crippen LogP contribution in [0.15, 0.2) is 47.4 Å². The summed E-state index contributed by atoms with van der Waals surface area (Å²) in [6.07, 6.45) is 0.500. The van der Waals surface area contributed by atoms with Crippen LogP contribution in [-0.4, -0.2) is 84.1 Å². The highest BCUT2D eigenvalue weighted by atomic mass is 35.5. The van der Waals surface area contributed by atoms with E-state index in [0.717, 1.165) is 22.5 Å². The van der Waals surface area contributed by atoms with Crippen LogP contribution in [0.5, 0.6) is 0 Å². The molecule has 0 aliphatic carbocycles. The van der Waals surface area contributed by atoms with Crippen LogP contribution in [0.4, 0.5) is 10.1 Å². The molecule has 0 spiro atoms. The van der Waals surface area contributed by atoms with E-state index in [1.54, 1.807) is 16.7 Å². The number of carbonyl (C=O) groups excluding carboxylic acids is 2. The van der Waals surface area contributed by atoms with E-state index in [1.807, 2.05) is 20.8 Å². The molecular formula is C29H37ClFN5O6S. The lowest BCUT2D eigenvalue weighted by Crippen LogP contribution is -2.59. The monoisotopic (exact) mass is 637 g/mol. The van der Waals surface area contributed by atoms with Gasteiger partial charge in [0.25, 0.3) is 5.69 Å². The van der Waals surface area contributed by atoms with Crippen LogP contribution >= 0.6 is 11.6 Å². The van der Waals surface area contributed by atoms with Crippen molar-refractivity contribution in [2.24, 2.45) is 17.1 Å². The third-order valence-corrected chi connectivity index (χ3v) is 10.1. The summed E-state index contributed by atoms with van der Waals surface area (Å²) in [5.41, 5.74) is 5.58. The Morgan fingerprint density at radius 1 is 1.14 bits per heavy atom. The van der Waals surface area contributed by atoms with E-state index in [4.69, 9.17) is 17.3 Å². The van der Waals surface area contributed by atoms with E-state index >= 15 is 4.39 Å². The molecule has 2 amide bonds. The number of hydrogen-bond donors (Lipinski definition) is 1. The Morgan fingerprint density at radius 3 is 2.42 bits per heavy atom. The Labute approximate surface area is 256 Å². The minimum Gasteiger partial charge on any atom is -0.338 e. The number of piperazine rings is 1. The first-order valence-electron chi connectivity index (χ1n) is 14.0. The van der Waals surface area contributed by atoms with Crippen LogP contribution in [0.3, 0.4) is 0 Å². The minimum atomic E-state index is -4.43. The van der Waals surface area contributed by atoms with Gasteiger partial charge in [-0.25, -0.2) is 12.8 Å². The van der Waals surface area contributed by atoms with E-state index in [1.165, 1.54) is 24.3 Å². The van der Waals surface area contributed by atoms with Crippen LogP contribution in [0.2, 0.25) is 5.02 Å². The summed E-state index contributed by atoms with van der Waals surface area (Å²) in [4.78, 5) is 40.7. The van der Waals surface area contributed by atoms with E-state index in [2.05, 4.69) is 0 Å². The Hall–Kier alpha value is -3.13. The van der Waals surface area contributed by atoms with Gasteiger partial charge in [-0.2, -0.15) is 4.31 Å². The lowest BCUT2D eigenvalue weighted by molar-refractivity contribution is -0.387. The molecule has 2 saturated heterocycles. The van der Waals surface area contributed by atoms with E-state index in [0.29, 0.717) is 6.42 Å². The number of carbonyl (C=O) groups is 2. The normalized spacial score (nSPS) is 22.4. The molecule has 0 aromatic heterocycles. The number of amides is 2. The largest absolute Gasteiger partial charge is 0.338 e. The second-order valence-corrected chi connectivity index (χ2v) is 14.8. The van der Waals surface area contributed by atoms with Crippen molar-refractivity contribution in [2.45, 2.75) is 57.0 Å². The molecule has 2 fully saturated rings. The summed E-state index contributed by atoms with van der Waals surface area (Å²) < 4.78 is 43.6. The molecule has 2 aromatic rings. The van der Waals surface area contributed by atoms with Gasteiger partial charge in [0.15, 0.2) is 4.90 Å². The van der Waals surface area contributed by atoms with Gasteiger partial charge in [0.05, 0.1) is 16.9 Å². The lowest BCUT2D eigenvalue weighted by Gasteiger charge is -2.42. The predicted octanol–water partition coefficient (Wildman–Crippen LogP) is 3.61. The summed E-state index contributed by atoms with van der Waals surface area (Å²) in [6.45, 7) is 7.91. The Morgan fingerprint density at radius 2 is 1.81 bits per heavy atom. The fourth-order valence-electron chi connectivity index (χ4n) is 5.98. The second-order valence-electron chi connectivity index (χ2n) is 12.5. The average Bonchev–Trinajstić information content (AvgIpc) is 3.37. The number of nitrogens with zero attached hydrogens (tertiary/aromatic N) is 4. The van der Waals surface area contributed by atoms with Gasteiger partial charge < -0.3 is 15.5 Å². The Bertz CT molecular complexity index is 1520. The Kier molecular flexibility index (Phi) is 9.50. The molecule has 0 bridgehead atoms. The SMILES string of the molecule is C[C@H]1CN(C(=O)[C@@H](N)CC(C)(C)C)CCN1C(=O)[C@@H]1CN(S(=O)(=O)c2ccccc2[N+](=O)[O-])C[C@H]1c1ccc(Cl)cc1F. The Balaban J connectivity index is 1.62. The second kappa shape index (κ2) is 12.5. The van der Waals surface area contributed by atoms with Crippen molar-refractivity contribution in [1.29, 1.82) is 0 Å². The number of nitrogens with two attached hydrogens (primary N) is 1. The first kappa shape index (κ1) is 32.8. The number of sulfonamides is 1. The highest BCUT2D eigenvalue weighted by molar-refractivity contribution is 7.89. The summed E-state index contributed by atoms with van der Waals surface area (Å²) in [5.74, 6) is -3.14. The molecule has 2 aliphatic heterocycles. The van der Waals surface area contributed by atoms with E-state index in [9.17, 15) is 28.1 Å². The number of rotatable bonds is 7. The zero-order valence-electron chi connectivity index (χ0n) is 24.6. The summed E-state index contributed by atoms with van der Waals surface area (Å²) in [5, 5.41) is 11.8. The van der Waals surface area contributed by atoms with Gasteiger partial charge in [0.1, 0.15) is 5.82 Å². The highest BCUT2D eigenvalue weighted by Crippen LogP contribution is 2.40. The quantitative estimate of drug-likeness (QED) is 0.360. The third-order valence-electron chi connectivity index (χ3n) is 8.02. The van der Waals surface area contributed by atoms with Crippen molar-refractivity contribution >= 4 is 39.1 Å². The maximum Gasteiger partial charge on any atom is 0.289 e. The topological polar surface area (TPSA) is 147 Å². The van der Waals surface area contributed by atoms with Crippen molar-refractivity contribution in [3.05, 3.63) is 69.0 Å². The molecule has 4 atom stereocenters. The summed E-state index contributed by atoms with van der Waals surface area (Å²) in [7, 11) is -4.43. The van der Waals surface area contributed by atoms with Gasteiger partial charge in [-0.05, 0) is 42.5 Å². The smallest absolute Gasteiger partial charge is 0.289 e. The molecule has 0 radical (unpaired) electrons. The molecule has 2 aromatic carbocycles. The van der Waals surface area contributed by atoms with Gasteiger partial charge in [-0.1, -0.05) is 50.6 Å². The highest BCUT2D eigenvalue weighted by Gasteiger charge is 2.48. The molecule has 4 rings (SSSR count). The van der Waals surface area contributed by atoms with Crippen LogP contribution in [0, 0.1) is 27.3 Å². The van der Waals surface area contributed by atoms with E-state index < -0.39 is 61.2 Å². The van der Waals surface area contributed by atoms with Gasteiger partial charge in [0.2, 0.25) is 21.8 Å².